The first-order valence-electron chi connectivity index (χ1n) is 11.6. The summed E-state index contributed by atoms with van der Waals surface area (Å²) in [5, 5.41) is 2.90. The van der Waals surface area contributed by atoms with Crippen LogP contribution in [0.15, 0.2) is 78.9 Å². The van der Waals surface area contributed by atoms with Crippen LogP contribution in [0.2, 0.25) is 0 Å². The van der Waals surface area contributed by atoms with E-state index in [0.29, 0.717) is 29.3 Å². The van der Waals surface area contributed by atoms with E-state index in [0.717, 1.165) is 38.1 Å². The summed E-state index contributed by atoms with van der Waals surface area (Å²) in [6, 6.07) is 24.4. The lowest BCUT2D eigenvalue weighted by Crippen LogP contribution is -2.37. The molecule has 5 nitrogen and oxygen atoms in total. The maximum atomic E-state index is 12.8. The molecular weight excluding hydrogens is 412 g/mol. The molecule has 4 rings (SSSR count). The van der Waals surface area contributed by atoms with Gasteiger partial charge in [0, 0.05) is 36.3 Å². The molecule has 1 aliphatic rings. The lowest BCUT2D eigenvalue weighted by molar-refractivity contribution is 0.0697. The topological polar surface area (TPSA) is 58.6 Å². The number of amides is 2. The number of ether oxygens (including phenoxy) is 1. The summed E-state index contributed by atoms with van der Waals surface area (Å²) in [7, 11) is 0. The van der Waals surface area contributed by atoms with E-state index < -0.39 is 0 Å². The molecule has 0 atom stereocenters. The summed E-state index contributed by atoms with van der Waals surface area (Å²) in [4.78, 5) is 27.4. The second-order valence-corrected chi connectivity index (χ2v) is 8.62. The highest BCUT2D eigenvalue weighted by Gasteiger charge is 2.21. The van der Waals surface area contributed by atoms with Gasteiger partial charge < -0.3 is 15.0 Å². The molecule has 1 fully saturated rings. The quantitative estimate of drug-likeness (QED) is 0.531. The van der Waals surface area contributed by atoms with Crippen LogP contribution in [0.1, 0.15) is 46.0 Å². The Balaban J connectivity index is 1.31. The Bertz CT molecular complexity index is 1070. The van der Waals surface area contributed by atoms with E-state index in [1.54, 1.807) is 48.5 Å². The highest BCUT2D eigenvalue weighted by molar-refractivity contribution is 6.05. The van der Waals surface area contributed by atoms with Gasteiger partial charge in [-0.05, 0) is 66.8 Å². The molecule has 0 aromatic heterocycles. The number of anilines is 1. The molecule has 0 unspecified atom stereocenters. The third-order valence-electron chi connectivity index (χ3n) is 6.06. The molecule has 0 saturated carbocycles. The summed E-state index contributed by atoms with van der Waals surface area (Å²) in [6.45, 7) is 4.38. The Morgan fingerprint density at radius 1 is 0.909 bits per heavy atom. The Labute approximate surface area is 195 Å². The number of likely N-dealkylation sites (tertiary alicyclic amines) is 1. The maximum Gasteiger partial charge on any atom is 0.255 e. The van der Waals surface area contributed by atoms with Crippen LogP contribution in [-0.2, 0) is 6.42 Å². The van der Waals surface area contributed by atoms with Crippen LogP contribution in [0.4, 0.5) is 5.69 Å². The fraction of sp³-hybridized carbons (Fsp3) is 0.286. The molecule has 0 spiro atoms. The van der Waals surface area contributed by atoms with Gasteiger partial charge in [-0.15, -0.1) is 0 Å². The zero-order chi connectivity index (χ0) is 23.0. The zero-order valence-electron chi connectivity index (χ0n) is 19.0. The van der Waals surface area contributed by atoms with E-state index in [-0.39, 0.29) is 11.8 Å². The molecule has 1 heterocycles. The molecule has 2 amide bonds. The molecular formula is C28H30N2O3. The summed E-state index contributed by atoms with van der Waals surface area (Å²) in [5.41, 5.74) is 2.97. The van der Waals surface area contributed by atoms with Crippen molar-refractivity contribution < 1.29 is 14.3 Å². The van der Waals surface area contributed by atoms with Crippen LogP contribution in [-0.4, -0.2) is 36.4 Å². The molecule has 0 radical (unpaired) electrons. The number of hydrogen-bond donors (Lipinski definition) is 1. The highest BCUT2D eigenvalue weighted by Crippen LogP contribution is 2.20. The lowest BCUT2D eigenvalue weighted by atomic mass is 9.98. The van der Waals surface area contributed by atoms with Gasteiger partial charge in [0.25, 0.3) is 11.8 Å². The first-order chi connectivity index (χ1) is 16.1. The number of piperidine rings is 1. The van der Waals surface area contributed by atoms with Gasteiger partial charge in [0.1, 0.15) is 5.75 Å². The minimum absolute atomic E-state index is 0.0232. The van der Waals surface area contributed by atoms with Crippen molar-refractivity contribution in [2.75, 3.05) is 25.0 Å². The molecule has 0 bridgehead atoms. The Kier molecular flexibility index (Phi) is 7.40. The van der Waals surface area contributed by atoms with Crippen LogP contribution in [0.3, 0.4) is 0 Å². The summed E-state index contributed by atoms with van der Waals surface area (Å²) >= 11 is 0. The van der Waals surface area contributed by atoms with Gasteiger partial charge >= 0.3 is 0 Å². The fourth-order valence-corrected chi connectivity index (χ4v) is 3.96. The average molecular weight is 443 g/mol. The van der Waals surface area contributed by atoms with E-state index >= 15 is 0 Å². The van der Waals surface area contributed by atoms with Gasteiger partial charge in [0.15, 0.2) is 0 Å². The molecule has 5 heteroatoms. The second-order valence-electron chi connectivity index (χ2n) is 8.62. The number of nitrogens with zero attached hydrogens (tertiary/aromatic N) is 1. The first-order valence-corrected chi connectivity index (χ1v) is 11.6. The third-order valence-corrected chi connectivity index (χ3v) is 6.06. The van der Waals surface area contributed by atoms with Crippen molar-refractivity contribution in [2.24, 2.45) is 5.92 Å². The van der Waals surface area contributed by atoms with Crippen molar-refractivity contribution in [1.82, 2.24) is 4.90 Å². The van der Waals surface area contributed by atoms with Crippen LogP contribution < -0.4 is 10.1 Å². The summed E-state index contributed by atoms with van der Waals surface area (Å²) in [5.74, 6) is 1.20. The summed E-state index contributed by atoms with van der Waals surface area (Å²) < 4.78 is 5.80. The fourth-order valence-electron chi connectivity index (χ4n) is 3.96. The zero-order valence-corrected chi connectivity index (χ0v) is 19.0. The molecule has 33 heavy (non-hydrogen) atoms. The number of carbonyl (C=O) groups excluding carboxylic acids is 2. The van der Waals surface area contributed by atoms with Gasteiger partial charge in [-0.25, -0.2) is 0 Å². The smallest absolute Gasteiger partial charge is 0.255 e. The monoisotopic (exact) mass is 442 g/mol. The van der Waals surface area contributed by atoms with Crippen molar-refractivity contribution in [2.45, 2.75) is 26.2 Å². The van der Waals surface area contributed by atoms with Crippen LogP contribution in [0.5, 0.6) is 5.75 Å². The van der Waals surface area contributed by atoms with Gasteiger partial charge in [-0.2, -0.15) is 0 Å². The minimum atomic E-state index is -0.220. The minimum Gasteiger partial charge on any atom is -0.493 e. The number of rotatable bonds is 7. The van der Waals surface area contributed by atoms with E-state index in [4.69, 9.17) is 4.74 Å². The van der Waals surface area contributed by atoms with Gasteiger partial charge in [-0.3, -0.25) is 9.59 Å². The van der Waals surface area contributed by atoms with E-state index in [1.807, 2.05) is 23.1 Å². The van der Waals surface area contributed by atoms with Gasteiger partial charge in [0.05, 0.1) is 6.61 Å². The van der Waals surface area contributed by atoms with E-state index in [1.165, 1.54) is 5.56 Å². The molecule has 1 aliphatic heterocycles. The standard InChI is InChI=1S/C28H30N2O3/c1-21-14-17-30(18-15-21)28(32)24-8-5-9-25(20-24)29-27(31)23-10-12-26(13-11-23)33-19-16-22-6-3-2-4-7-22/h2-13,20-21H,14-19H2,1H3,(H,29,31). The molecule has 170 valence electrons. The van der Waals surface area contributed by atoms with Crippen LogP contribution in [0, 0.1) is 5.92 Å². The van der Waals surface area contributed by atoms with Crippen molar-refractivity contribution in [3.8, 4) is 5.75 Å². The van der Waals surface area contributed by atoms with E-state index in [2.05, 4.69) is 24.4 Å². The van der Waals surface area contributed by atoms with Crippen molar-refractivity contribution in [3.05, 3.63) is 95.6 Å². The number of benzene rings is 3. The molecule has 0 aliphatic carbocycles. The Morgan fingerprint density at radius 2 is 1.64 bits per heavy atom. The number of carbonyl (C=O) groups is 2. The second kappa shape index (κ2) is 10.8. The first kappa shape index (κ1) is 22.6. The highest BCUT2D eigenvalue weighted by atomic mass is 16.5. The predicted octanol–water partition coefficient (Wildman–Crippen LogP) is 5.43. The largest absolute Gasteiger partial charge is 0.493 e. The normalized spacial score (nSPS) is 14.0. The Hall–Kier alpha value is -3.60. The van der Waals surface area contributed by atoms with Crippen LogP contribution in [0.25, 0.3) is 0 Å². The molecule has 1 saturated heterocycles. The van der Waals surface area contributed by atoms with Gasteiger partial charge in [-0.1, -0.05) is 43.3 Å². The molecule has 3 aromatic carbocycles. The van der Waals surface area contributed by atoms with Crippen molar-refractivity contribution in [1.29, 1.82) is 0 Å². The predicted molar refractivity (Wildman–Crippen MR) is 131 cm³/mol. The molecule has 3 aromatic rings. The maximum absolute atomic E-state index is 12.8. The van der Waals surface area contributed by atoms with Crippen LogP contribution >= 0.6 is 0 Å². The van der Waals surface area contributed by atoms with Gasteiger partial charge in [0.2, 0.25) is 0 Å². The van der Waals surface area contributed by atoms with E-state index in [9.17, 15) is 9.59 Å². The lowest BCUT2D eigenvalue weighted by Gasteiger charge is -2.30. The Morgan fingerprint density at radius 3 is 2.36 bits per heavy atom. The van der Waals surface area contributed by atoms with Crippen molar-refractivity contribution >= 4 is 17.5 Å². The summed E-state index contributed by atoms with van der Waals surface area (Å²) in [6.07, 6.45) is 2.90. The van der Waals surface area contributed by atoms with Crippen molar-refractivity contribution in [3.63, 3.8) is 0 Å². The molecule has 1 N–H and O–H groups in total. The average Bonchev–Trinajstić information content (AvgIpc) is 2.85. The SMILES string of the molecule is CC1CCN(C(=O)c2cccc(NC(=O)c3ccc(OCCc4ccccc4)cc3)c2)CC1. The number of nitrogens with one attached hydrogen (secondary N) is 1. The third kappa shape index (κ3) is 6.22. The number of hydrogen-bond acceptors (Lipinski definition) is 3.